The first-order valence-corrected chi connectivity index (χ1v) is 6.69. The molecule has 0 aliphatic carbocycles. The summed E-state index contributed by atoms with van der Waals surface area (Å²) in [6.45, 7) is -0.333. The lowest BCUT2D eigenvalue weighted by molar-refractivity contribution is 0.0454. The molecule has 0 radical (unpaired) electrons. The minimum Gasteiger partial charge on any atom is -0.465 e. The molecule has 0 unspecified atom stereocenters. The molecular weight excluding hydrogens is 311 g/mol. The van der Waals surface area contributed by atoms with Crippen LogP contribution < -0.4 is 0 Å². The van der Waals surface area contributed by atoms with E-state index in [1.54, 1.807) is 12.1 Å². The summed E-state index contributed by atoms with van der Waals surface area (Å²) in [4.78, 5) is 23.7. The van der Waals surface area contributed by atoms with Crippen LogP contribution in [0.25, 0.3) is 0 Å². The second kappa shape index (κ2) is 7.04. The molecule has 2 aromatic rings. The van der Waals surface area contributed by atoms with Crippen LogP contribution in [0.1, 0.15) is 26.3 Å². The van der Waals surface area contributed by atoms with E-state index >= 15 is 0 Å². The van der Waals surface area contributed by atoms with Gasteiger partial charge in [-0.25, -0.2) is 14.0 Å². The van der Waals surface area contributed by atoms with Gasteiger partial charge in [0.05, 0.1) is 23.3 Å². The molecule has 0 heterocycles. The first kappa shape index (κ1) is 16.0. The molecule has 0 aliphatic rings. The van der Waals surface area contributed by atoms with Crippen molar-refractivity contribution in [3.05, 3.63) is 70.0 Å². The monoisotopic (exact) mass is 322 g/mol. The van der Waals surface area contributed by atoms with E-state index in [2.05, 4.69) is 4.74 Å². The van der Waals surface area contributed by atoms with Crippen molar-refractivity contribution in [2.24, 2.45) is 0 Å². The molecule has 0 spiro atoms. The first-order valence-electron chi connectivity index (χ1n) is 6.32. The number of hydrogen-bond donors (Lipinski definition) is 0. The van der Waals surface area contributed by atoms with Gasteiger partial charge in [-0.2, -0.15) is 0 Å². The molecule has 0 fully saturated rings. The Morgan fingerprint density at radius 3 is 2.27 bits per heavy atom. The Kier molecular flexibility index (Phi) is 5.12. The molecule has 2 rings (SSSR count). The summed E-state index contributed by atoms with van der Waals surface area (Å²) in [6.07, 6.45) is 0. The molecule has 0 saturated heterocycles. The van der Waals surface area contributed by atoms with Crippen molar-refractivity contribution in [1.29, 1.82) is 0 Å². The Morgan fingerprint density at radius 1 is 1.05 bits per heavy atom. The third kappa shape index (κ3) is 3.43. The van der Waals surface area contributed by atoms with Crippen LogP contribution in [0.2, 0.25) is 5.02 Å². The van der Waals surface area contributed by atoms with Crippen molar-refractivity contribution in [3.8, 4) is 0 Å². The van der Waals surface area contributed by atoms with E-state index < -0.39 is 17.8 Å². The molecule has 0 bridgehead atoms. The number of halogens is 2. The Bertz CT molecular complexity index is 695. The summed E-state index contributed by atoms with van der Waals surface area (Å²) in [6, 6.07) is 10.2. The van der Waals surface area contributed by atoms with Crippen molar-refractivity contribution in [2.45, 2.75) is 6.61 Å². The van der Waals surface area contributed by atoms with Gasteiger partial charge in [-0.3, -0.25) is 0 Å². The van der Waals surface area contributed by atoms with Crippen LogP contribution in [-0.4, -0.2) is 19.0 Å². The zero-order chi connectivity index (χ0) is 16.1. The fraction of sp³-hybridized carbons (Fsp3) is 0.125. The van der Waals surface area contributed by atoms with Crippen LogP contribution in [0.5, 0.6) is 0 Å². The fourth-order valence-electron chi connectivity index (χ4n) is 1.83. The van der Waals surface area contributed by atoms with Crippen LogP contribution in [0, 0.1) is 5.82 Å². The average molecular weight is 323 g/mol. The maximum absolute atomic E-state index is 13.6. The van der Waals surface area contributed by atoms with Gasteiger partial charge < -0.3 is 9.47 Å². The zero-order valence-electron chi connectivity index (χ0n) is 11.6. The Morgan fingerprint density at radius 2 is 1.68 bits per heavy atom. The van der Waals surface area contributed by atoms with Crippen LogP contribution in [0.15, 0.2) is 42.5 Å². The molecule has 4 nitrogen and oxygen atoms in total. The van der Waals surface area contributed by atoms with Gasteiger partial charge in [0.2, 0.25) is 0 Å². The van der Waals surface area contributed by atoms with Crippen LogP contribution >= 0.6 is 11.6 Å². The topological polar surface area (TPSA) is 52.6 Å². The Balaban J connectivity index is 2.19. The van der Waals surface area contributed by atoms with Gasteiger partial charge in [-0.1, -0.05) is 29.8 Å². The zero-order valence-corrected chi connectivity index (χ0v) is 12.4. The molecule has 0 saturated carbocycles. The summed E-state index contributed by atoms with van der Waals surface area (Å²) < 4.78 is 23.3. The van der Waals surface area contributed by atoms with Gasteiger partial charge >= 0.3 is 11.9 Å². The molecule has 0 N–H and O–H groups in total. The van der Waals surface area contributed by atoms with Crippen LogP contribution in [0.4, 0.5) is 4.39 Å². The molecule has 0 amide bonds. The smallest absolute Gasteiger partial charge is 0.339 e. The molecule has 0 atom stereocenters. The third-order valence-corrected chi connectivity index (χ3v) is 3.32. The molecular formula is C16H12ClFO4. The highest BCUT2D eigenvalue weighted by Gasteiger charge is 2.19. The summed E-state index contributed by atoms with van der Waals surface area (Å²) in [5, 5.41) is 0.161. The maximum Gasteiger partial charge on any atom is 0.339 e. The Hall–Kier alpha value is -2.40. The van der Waals surface area contributed by atoms with Crippen molar-refractivity contribution >= 4 is 23.5 Å². The number of benzene rings is 2. The van der Waals surface area contributed by atoms with Gasteiger partial charge in [-0.15, -0.1) is 0 Å². The van der Waals surface area contributed by atoms with Gasteiger partial charge in [0.15, 0.2) is 0 Å². The lowest BCUT2D eigenvalue weighted by atomic mass is 10.1. The van der Waals surface area contributed by atoms with E-state index in [-0.39, 0.29) is 28.3 Å². The standard InChI is InChI=1S/C16H12ClFO4/c1-21-15(19)10-5-2-3-6-11(10)16(20)22-9-12-13(17)7-4-8-14(12)18/h2-8H,9H2,1H3. The molecule has 2 aromatic carbocycles. The van der Waals surface area contributed by atoms with Crippen molar-refractivity contribution < 1.29 is 23.5 Å². The second-order valence-electron chi connectivity index (χ2n) is 4.31. The predicted molar refractivity (Wildman–Crippen MR) is 78.3 cm³/mol. The van der Waals surface area contributed by atoms with E-state index in [1.807, 2.05) is 0 Å². The van der Waals surface area contributed by atoms with E-state index in [0.29, 0.717) is 0 Å². The number of hydrogen-bond acceptors (Lipinski definition) is 4. The number of rotatable bonds is 4. The summed E-state index contributed by atoms with van der Waals surface area (Å²) in [7, 11) is 1.21. The van der Waals surface area contributed by atoms with Gasteiger partial charge in [-0.05, 0) is 24.3 Å². The number of carbonyl (C=O) groups is 2. The number of esters is 2. The van der Waals surface area contributed by atoms with Crippen LogP contribution in [-0.2, 0) is 16.1 Å². The number of carbonyl (C=O) groups excluding carboxylic acids is 2. The quantitative estimate of drug-likeness (QED) is 0.807. The third-order valence-electron chi connectivity index (χ3n) is 2.96. The molecule has 0 aromatic heterocycles. The highest BCUT2D eigenvalue weighted by atomic mass is 35.5. The van der Waals surface area contributed by atoms with Gasteiger partial charge in [0.25, 0.3) is 0 Å². The first-order chi connectivity index (χ1) is 10.5. The van der Waals surface area contributed by atoms with Crippen molar-refractivity contribution in [1.82, 2.24) is 0 Å². The minimum absolute atomic E-state index is 0.0433. The minimum atomic E-state index is -0.764. The largest absolute Gasteiger partial charge is 0.465 e. The highest BCUT2D eigenvalue weighted by molar-refractivity contribution is 6.31. The van der Waals surface area contributed by atoms with Crippen molar-refractivity contribution in [2.75, 3.05) is 7.11 Å². The van der Waals surface area contributed by atoms with Gasteiger partial charge in [0.1, 0.15) is 12.4 Å². The van der Waals surface area contributed by atoms with E-state index in [0.717, 1.165) is 0 Å². The summed E-state index contributed by atoms with van der Waals surface area (Å²) in [5.41, 5.74) is 0.199. The molecule has 22 heavy (non-hydrogen) atoms. The fourth-order valence-corrected chi connectivity index (χ4v) is 2.05. The lowest BCUT2D eigenvalue weighted by Gasteiger charge is -2.09. The molecule has 114 valence electrons. The highest BCUT2D eigenvalue weighted by Crippen LogP contribution is 2.21. The SMILES string of the molecule is COC(=O)c1ccccc1C(=O)OCc1c(F)cccc1Cl. The Labute approximate surface area is 131 Å². The predicted octanol–water partition coefficient (Wildman–Crippen LogP) is 3.62. The number of ether oxygens (including phenoxy) is 2. The second-order valence-corrected chi connectivity index (χ2v) is 4.72. The van der Waals surface area contributed by atoms with E-state index in [1.165, 1.54) is 37.4 Å². The average Bonchev–Trinajstić information content (AvgIpc) is 2.53. The normalized spacial score (nSPS) is 10.1. The summed E-state index contributed by atoms with van der Waals surface area (Å²) >= 11 is 5.86. The lowest BCUT2D eigenvalue weighted by Crippen LogP contribution is -2.13. The van der Waals surface area contributed by atoms with Crippen LogP contribution in [0.3, 0.4) is 0 Å². The maximum atomic E-state index is 13.6. The van der Waals surface area contributed by atoms with E-state index in [9.17, 15) is 14.0 Å². The van der Waals surface area contributed by atoms with Gasteiger partial charge in [0, 0.05) is 5.56 Å². The van der Waals surface area contributed by atoms with Crippen molar-refractivity contribution in [3.63, 3.8) is 0 Å². The molecule has 6 heteroatoms. The summed E-state index contributed by atoms with van der Waals surface area (Å²) in [5.74, 6) is -1.99. The molecule has 0 aliphatic heterocycles. The van der Waals surface area contributed by atoms with E-state index in [4.69, 9.17) is 16.3 Å². The number of methoxy groups -OCH3 is 1.